The number of allylic oxidation sites excluding steroid dienone is 1. The summed E-state index contributed by atoms with van der Waals surface area (Å²) in [5.74, 6) is 7.23. The maximum absolute atomic E-state index is 5.91. The van der Waals surface area contributed by atoms with E-state index in [2.05, 4.69) is 74.9 Å². The van der Waals surface area contributed by atoms with Gasteiger partial charge in [-0.05, 0) is 57.2 Å². The summed E-state index contributed by atoms with van der Waals surface area (Å²) in [6.07, 6.45) is 4.05. The predicted octanol–water partition coefficient (Wildman–Crippen LogP) is 5.30. The Morgan fingerprint density at radius 2 is 1.73 bits per heavy atom. The van der Waals surface area contributed by atoms with Gasteiger partial charge in [0.1, 0.15) is 12.4 Å². The van der Waals surface area contributed by atoms with Gasteiger partial charge in [-0.15, -0.1) is 0 Å². The van der Waals surface area contributed by atoms with Crippen molar-refractivity contribution in [3.8, 4) is 17.6 Å². The van der Waals surface area contributed by atoms with Crippen molar-refractivity contribution < 1.29 is 4.74 Å². The van der Waals surface area contributed by atoms with Crippen LogP contribution in [0.15, 0.2) is 66.7 Å². The predicted molar refractivity (Wildman–Crippen MR) is 110 cm³/mol. The lowest BCUT2D eigenvalue weighted by Gasteiger charge is -2.15. The fourth-order valence-corrected chi connectivity index (χ4v) is 2.40. The summed E-state index contributed by atoms with van der Waals surface area (Å²) in [5.41, 5.74) is 2.47. The first-order valence-electron chi connectivity index (χ1n) is 9.04. The molecule has 136 valence electrons. The van der Waals surface area contributed by atoms with Crippen molar-refractivity contribution in [2.24, 2.45) is 5.41 Å². The van der Waals surface area contributed by atoms with Gasteiger partial charge in [0.05, 0.1) is 0 Å². The van der Waals surface area contributed by atoms with Crippen molar-refractivity contribution in [3.63, 3.8) is 0 Å². The molecule has 2 aromatic rings. The van der Waals surface area contributed by atoms with Gasteiger partial charge in [-0.1, -0.05) is 60.4 Å². The van der Waals surface area contributed by atoms with Crippen LogP contribution in [0, 0.1) is 17.3 Å². The molecule has 0 fully saturated rings. The Morgan fingerprint density at radius 3 is 2.46 bits per heavy atom. The minimum atomic E-state index is 0.0520. The van der Waals surface area contributed by atoms with Crippen LogP contribution >= 0.6 is 0 Å². The fourth-order valence-electron chi connectivity index (χ4n) is 2.40. The van der Waals surface area contributed by atoms with Crippen LogP contribution in [0.2, 0.25) is 0 Å². The van der Waals surface area contributed by atoms with Gasteiger partial charge in [-0.3, -0.25) is 4.90 Å². The molecule has 2 aromatic carbocycles. The number of rotatable bonds is 7. The molecule has 0 radical (unpaired) electrons. The quantitative estimate of drug-likeness (QED) is 0.630. The van der Waals surface area contributed by atoms with Crippen LogP contribution in [0.25, 0.3) is 0 Å². The molecule has 0 bridgehead atoms. The molecule has 0 saturated carbocycles. The van der Waals surface area contributed by atoms with Gasteiger partial charge in [0.25, 0.3) is 0 Å². The highest BCUT2D eigenvalue weighted by Gasteiger charge is 2.03. The average molecular weight is 348 g/mol. The van der Waals surface area contributed by atoms with Crippen LogP contribution in [-0.2, 0) is 13.2 Å². The second-order valence-corrected chi connectivity index (χ2v) is 7.54. The first-order chi connectivity index (χ1) is 12.4. The summed E-state index contributed by atoms with van der Waals surface area (Å²) < 4.78 is 5.91. The number of likely N-dealkylation sites (N-methyl/N-ethyl adjacent to an activating group) is 1. The van der Waals surface area contributed by atoms with Crippen LogP contribution in [0.1, 0.15) is 31.9 Å². The third kappa shape index (κ3) is 8.05. The minimum Gasteiger partial charge on any atom is -0.489 e. The molecule has 0 aromatic heterocycles. The fraction of sp³-hybridized carbons (Fsp3) is 0.333. The van der Waals surface area contributed by atoms with Gasteiger partial charge >= 0.3 is 0 Å². The van der Waals surface area contributed by atoms with E-state index in [-0.39, 0.29) is 5.41 Å². The van der Waals surface area contributed by atoms with Crippen molar-refractivity contribution in [2.75, 3.05) is 13.6 Å². The molecule has 0 aliphatic carbocycles. The third-order valence-electron chi connectivity index (χ3n) is 3.66. The molecule has 2 rings (SSSR count). The first-order valence-corrected chi connectivity index (χ1v) is 9.04. The van der Waals surface area contributed by atoms with Crippen molar-refractivity contribution in [1.82, 2.24) is 4.90 Å². The van der Waals surface area contributed by atoms with Crippen molar-refractivity contribution in [3.05, 3.63) is 77.9 Å². The van der Waals surface area contributed by atoms with E-state index in [0.29, 0.717) is 6.61 Å². The first kappa shape index (κ1) is 19.8. The molecule has 0 unspecified atom stereocenters. The van der Waals surface area contributed by atoms with Crippen LogP contribution in [0.3, 0.4) is 0 Å². The van der Waals surface area contributed by atoms with E-state index in [9.17, 15) is 0 Å². The summed E-state index contributed by atoms with van der Waals surface area (Å²) >= 11 is 0. The van der Waals surface area contributed by atoms with Crippen molar-refractivity contribution >= 4 is 0 Å². The Labute approximate surface area is 158 Å². The van der Waals surface area contributed by atoms with Crippen LogP contribution in [-0.4, -0.2) is 18.5 Å². The highest BCUT2D eigenvalue weighted by molar-refractivity contribution is 5.29. The molecular formula is C24H29NO. The minimum absolute atomic E-state index is 0.0520. The zero-order valence-electron chi connectivity index (χ0n) is 16.3. The van der Waals surface area contributed by atoms with Crippen molar-refractivity contribution in [2.45, 2.75) is 33.9 Å². The van der Waals surface area contributed by atoms with Gasteiger partial charge < -0.3 is 4.74 Å². The SMILES string of the molecule is CN(C/C=C/C#CC(C)(C)C)Cc1cccc(OCc2ccccc2)c1. The number of benzene rings is 2. The summed E-state index contributed by atoms with van der Waals surface area (Å²) in [4.78, 5) is 2.26. The molecule has 0 spiro atoms. The molecular weight excluding hydrogens is 318 g/mol. The molecule has 0 aliphatic heterocycles. The standard InChI is InChI=1S/C24H29NO/c1-24(2,3)16-9-6-10-17-25(4)19-22-14-11-15-23(18-22)26-20-21-12-7-5-8-13-21/h5-8,10-15,18H,17,19-20H2,1-4H3/b10-6+. The molecule has 2 heteroatoms. The summed E-state index contributed by atoms with van der Waals surface area (Å²) in [6, 6.07) is 18.5. The Bertz CT molecular complexity index is 760. The highest BCUT2D eigenvalue weighted by atomic mass is 16.5. The van der Waals surface area contributed by atoms with Gasteiger partial charge in [0, 0.05) is 18.5 Å². The van der Waals surface area contributed by atoms with Crippen LogP contribution < -0.4 is 4.74 Å². The maximum Gasteiger partial charge on any atom is 0.120 e. The van der Waals surface area contributed by atoms with E-state index < -0.39 is 0 Å². The third-order valence-corrected chi connectivity index (χ3v) is 3.66. The largest absolute Gasteiger partial charge is 0.489 e. The number of nitrogens with zero attached hydrogens (tertiary/aromatic N) is 1. The summed E-state index contributed by atoms with van der Waals surface area (Å²) in [5, 5.41) is 0. The molecule has 2 nitrogen and oxygen atoms in total. The number of ether oxygens (including phenoxy) is 1. The molecule has 26 heavy (non-hydrogen) atoms. The Kier molecular flexibility index (Phi) is 7.51. The Hall–Kier alpha value is -2.50. The van der Waals surface area contributed by atoms with E-state index in [1.54, 1.807) is 0 Å². The lowest BCUT2D eigenvalue weighted by atomic mass is 9.98. The second-order valence-electron chi connectivity index (χ2n) is 7.54. The van der Waals surface area contributed by atoms with E-state index in [1.165, 1.54) is 11.1 Å². The van der Waals surface area contributed by atoms with E-state index >= 15 is 0 Å². The zero-order valence-corrected chi connectivity index (χ0v) is 16.3. The molecule has 0 heterocycles. The lowest BCUT2D eigenvalue weighted by molar-refractivity contribution is 0.304. The zero-order chi connectivity index (χ0) is 18.8. The number of hydrogen-bond acceptors (Lipinski definition) is 2. The van der Waals surface area contributed by atoms with Gasteiger partial charge in [-0.2, -0.15) is 0 Å². The smallest absolute Gasteiger partial charge is 0.120 e. The second kappa shape index (κ2) is 9.85. The van der Waals surface area contributed by atoms with Gasteiger partial charge in [-0.25, -0.2) is 0 Å². The number of hydrogen-bond donors (Lipinski definition) is 0. The van der Waals surface area contributed by atoms with Gasteiger partial charge in [0.2, 0.25) is 0 Å². The van der Waals surface area contributed by atoms with E-state index in [1.807, 2.05) is 36.4 Å². The average Bonchev–Trinajstić information content (AvgIpc) is 2.60. The van der Waals surface area contributed by atoms with Crippen LogP contribution in [0.4, 0.5) is 0 Å². The molecule has 0 atom stereocenters. The highest BCUT2D eigenvalue weighted by Crippen LogP contribution is 2.16. The summed E-state index contributed by atoms with van der Waals surface area (Å²) in [6.45, 7) is 8.69. The topological polar surface area (TPSA) is 12.5 Å². The van der Waals surface area contributed by atoms with Crippen LogP contribution in [0.5, 0.6) is 5.75 Å². The molecule has 0 N–H and O–H groups in total. The Morgan fingerprint density at radius 1 is 1.00 bits per heavy atom. The molecule has 0 aliphatic rings. The summed E-state index contributed by atoms with van der Waals surface area (Å²) in [7, 11) is 2.11. The lowest BCUT2D eigenvalue weighted by Crippen LogP contribution is -2.17. The normalized spacial score (nSPS) is 11.4. The molecule has 0 saturated heterocycles. The van der Waals surface area contributed by atoms with Gasteiger partial charge in [0.15, 0.2) is 0 Å². The maximum atomic E-state index is 5.91. The van der Waals surface area contributed by atoms with E-state index in [0.717, 1.165) is 18.8 Å². The van der Waals surface area contributed by atoms with Crippen molar-refractivity contribution in [1.29, 1.82) is 0 Å². The Balaban J connectivity index is 1.83. The van der Waals surface area contributed by atoms with E-state index in [4.69, 9.17) is 4.74 Å². The molecule has 0 amide bonds. The monoisotopic (exact) mass is 347 g/mol.